The molecule has 0 aliphatic heterocycles. The Labute approximate surface area is 211 Å². The van der Waals surface area contributed by atoms with Crippen LogP contribution in [0, 0.1) is 0 Å². The zero-order chi connectivity index (χ0) is 26.3. The molecule has 0 aliphatic rings. The van der Waals surface area contributed by atoms with E-state index in [0.29, 0.717) is 51.6 Å². The van der Waals surface area contributed by atoms with Crippen molar-refractivity contribution in [3.05, 3.63) is 0 Å². The molecule has 0 saturated heterocycles. The lowest BCUT2D eigenvalue weighted by molar-refractivity contribution is -0.142. The highest BCUT2D eigenvalue weighted by Gasteiger charge is 2.20. The lowest BCUT2D eigenvalue weighted by Crippen LogP contribution is -2.47. The minimum Gasteiger partial charge on any atom is -0.468 e. The third-order valence-corrected chi connectivity index (χ3v) is 5.85. The Balaban J connectivity index is 4.33. The average Bonchev–Trinajstić information content (AvgIpc) is 2.83. The van der Waals surface area contributed by atoms with E-state index in [-0.39, 0.29) is 17.8 Å². The van der Waals surface area contributed by atoms with Gasteiger partial charge in [0.15, 0.2) is 5.96 Å². The molecule has 0 aromatic rings. The minimum atomic E-state index is -0.653. The molecule has 0 spiro atoms. The summed E-state index contributed by atoms with van der Waals surface area (Å²) < 4.78 is 4.60. The number of esters is 1. The van der Waals surface area contributed by atoms with Gasteiger partial charge in [0, 0.05) is 19.5 Å². The monoisotopic (exact) mass is 498 g/mol. The Morgan fingerprint density at radius 3 is 2.09 bits per heavy atom. The van der Waals surface area contributed by atoms with Crippen molar-refractivity contribution < 1.29 is 19.1 Å². The van der Waals surface area contributed by atoms with Crippen LogP contribution >= 0.6 is 0 Å². The van der Waals surface area contributed by atoms with Crippen molar-refractivity contribution in [1.29, 1.82) is 0 Å². The molecule has 0 bridgehead atoms. The zero-order valence-corrected chi connectivity index (χ0v) is 22.0. The Morgan fingerprint density at radius 1 is 0.857 bits per heavy atom. The minimum absolute atomic E-state index is 0.00515. The molecule has 0 heterocycles. The number of carbonyl (C=O) groups excluding carboxylic acids is 3. The highest BCUT2D eigenvalue weighted by molar-refractivity contribution is 5.87. The molecular weight excluding hydrogens is 448 g/mol. The Kier molecular flexibility index (Phi) is 20.6. The summed E-state index contributed by atoms with van der Waals surface area (Å²) in [5.41, 5.74) is 16.4. The van der Waals surface area contributed by atoms with E-state index in [2.05, 4.69) is 27.3 Å². The predicted molar refractivity (Wildman–Crippen MR) is 141 cm³/mol. The maximum absolute atomic E-state index is 12.7. The van der Waals surface area contributed by atoms with E-state index >= 15 is 0 Å². The number of aliphatic imine (C=N–C) groups is 1. The molecule has 2 amide bonds. The van der Waals surface area contributed by atoms with Crippen LogP contribution in [0.25, 0.3) is 0 Å². The first-order valence-electron chi connectivity index (χ1n) is 13.3. The third kappa shape index (κ3) is 19.6. The van der Waals surface area contributed by atoms with Crippen LogP contribution in [0.5, 0.6) is 0 Å². The van der Waals surface area contributed by atoms with E-state index in [1.54, 1.807) is 0 Å². The second-order valence-electron chi connectivity index (χ2n) is 9.06. The molecule has 0 saturated carbocycles. The van der Waals surface area contributed by atoms with Crippen LogP contribution < -0.4 is 27.8 Å². The number of unbranched alkanes of at least 4 members (excludes halogenated alkanes) is 9. The molecule has 35 heavy (non-hydrogen) atoms. The summed E-state index contributed by atoms with van der Waals surface area (Å²) >= 11 is 0. The molecule has 0 aliphatic carbocycles. The SMILES string of the molecule is CCCCCCCCCCCC(=O)N[C@@H](CCCN=C(N)N)C(=O)NCCCC[C@H](N)C(=O)OC. The lowest BCUT2D eigenvalue weighted by Gasteiger charge is -2.18. The molecule has 10 nitrogen and oxygen atoms in total. The number of ether oxygens (including phenoxy) is 1. The molecule has 0 radical (unpaired) electrons. The van der Waals surface area contributed by atoms with Crippen molar-refractivity contribution in [2.24, 2.45) is 22.2 Å². The first-order chi connectivity index (χ1) is 16.8. The second-order valence-corrected chi connectivity index (χ2v) is 9.06. The molecule has 0 aromatic heterocycles. The van der Waals surface area contributed by atoms with Crippen LogP contribution in [-0.2, 0) is 19.1 Å². The standard InChI is InChI=1S/C25H50N6O4/c1-3-4-5-6-7-8-9-10-11-17-22(32)31-21(16-14-19-30-25(27)28)23(33)29-18-13-12-15-20(26)24(34)35-2/h20-21H,3-19,26H2,1-2H3,(H,29,33)(H,31,32)(H4,27,28,30)/t20-,21-/m0/s1. The van der Waals surface area contributed by atoms with Crippen molar-refractivity contribution in [2.75, 3.05) is 20.2 Å². The van der Waals surface area contributed by atoms with Gasteiger partial charge in [0.25, 0.3) is 0 Å². The zero-order valence-electron chi connectivity index (χ0n) is 22.0. The number of amides is 2. The lowest BCUT2D eigenvalue weighted by atomic mass is 10.1. The summed E-state index contributed by atoms with van der Waals surface area (Å²) in [6.45, 7) is 3.05. The molecular formula is C25H50N6O4. The van der Waals surface area contributed by atoms with E-state index < -0.39 is 18.1 Å². The maximum atomic E-state index is 12.7. The van der Waals surface area contributed by atoms with Gasteiger partial charge in [-0.2, -0.15) is 0 Å². The fourth-order valence-corrected chi connectivity index (χ4v) is 3.73. The maximum Gasteiger partial charge on any atom is 0.322 e. The number of guanidine groups is 1. The van der Waals surface area contributed by atoms with Crippen LogP contribution in [-0.4, -0.2) is 56.0 Å². The molecule has 10 heteroatoms. The molecule has 0 unspecified atom stereocenters. The summed E-state index contributed by atoms with van der Waals surface area (Å²) in [6.07, 6.45) is 13.9. The van der Waals surface area contributed by atoms with Gasteiger partial charge in [-0.05, 0) is 38.5 Å². The van der Waals surface area contributed by atoms with Crippen molar-refractivity contribution >= 4 is 23.7 Å². The van der Waals surface area contributed by atoms with E-state index in [9.17, 15) is 14.4 Å². The molecule has 8 N–H and O–H groups in total. The normalized spacial score (nSPS) is 12.4. The van der Waals surface area contributed by atoms with Gasteiger partial charge < -0.3 is 32.6 Å². The van der Waals surface area contributed by atoms with E-state index in [0.717, 1.165) is 19.3 Å². The van der Waals surface area contributed by atoms with Crippen LogP contribution in [0.4, 0.5) is 0 Å². The van der Waals surface area contributed by atoms with Crippen molar-refractivity contribution in [1.82, 2.24) is 10.6 Å². The van der Waals surface area contributed by atoms with Crippen molar-refractivity contribution in [3.8, 4) is 0 Å². The highest BCUT2D eigenvalue weighted by atomic mass is 16.5. The summed E-state index contributed by atoms with van der Waals surface area (Å²) in [5.74, 6) is -0.776. The molecule has 0 rings (SSSR count). The van der Waals surface area contributed by atoms with E-state index in [1.807, 2.05) is 0 Å². The Hall–Kier alpha value is -2.36. The van der Waals surface area contributed by atoms with E-state index in [1.165, 1.54) is 45.6 Å². The van der Waals surface area contributed by atoms with Gasteiger partial charge in [0.05, 0.1) is 7.11 Å². The number of nitrogens with one attached hydrogen (secondary N) is 2. The number of carbonyl (C=O) groups is 3. The van der Waals surface area contributed by atoms with E-state index in [4.69, 9.17) is 17.2 Å². The van der Waals surface area contributed by atoms with Crippen LogP contribution in [0.2, 0.25) is 0 Å². The van der Waals surface area contributed by atoms with Gasteiger partial charge in [-0.15, -0.1) is 0 Å². The smallest absolute Gasteiger partial charge is 0.322 e. The van der Waals surface area contributed by atoms with Crippen molar-refractivity contribution in [3.63, 3.8) is 0 Å². The summed E-state index contributed by atoms with van der Waals surface area (Å²) in [7, 11) is 1.31. The fraction of sp³-hybridized carbons (Fsp3) is 0.840. The average molecular weight is 499 g/mol. The van der Waals surface area contributed by atoms with Gasteiger partial charge >= 0.3 is 5.97 Å². The second kappa shape index (κ2) is 22.1. The summed E-state index contributed by atoms with van der Waals surface area (Å²) in [5, 5.41) is 5.73. The van der Waals surface area contributed by atoms with Crippen LogP contribution in [0.15, 0.2) is 4.99 Å². The summed E-state index contributed by atoms with van der Waals surface area (Å²) in [4.78, 5) is 40.4. The van der Waals surface area contributed by atoms with Crippen LogP contribution in [0.3, 0.4) is 0 Å². The molecule has 2 atom stereocenters. The molecule has 204 valence electrons. The topological polar surface area (TPSA) is 175 Å². The Morgan fingerprint density at radius 2 is 1.49 bits per heavy atom. The van der Waals surface area contributed by atoms with Crippen LogP contribution in [0.1, 0.15) is 103 Å². The number of hydrogen-bond acceptors (Lipinski definition) is 6. The third-order valence-electron chi connectivity index (χ3n) is 5.85. The first-order valence-corrected chi connectivity index (χ1v) is 13.3. The van der Waals surface area contributed by atoms with Crippen molar-refractivity contribution in [2.45, 2.75) is 115 Å². The van der Waals surface area contributed by atoms with Gasteiger partial charge in [0.1, 0.15) is 12.1 Å². The summed E-state index contributed by atoms with van der Waals surface area (Å²) in [6, 6.07) is -1.29. The number of nitrogens with two attached hydrogens (primary N) is 3. The quantitative estimate of drug-likeness (QED) is 0.0658. The predicted octanol–water partition coefficient (Wildman–Crippen LogP) is 2.23. The van der Waals surface area contributed by atoms with Gasteiger partial charge in [0.2, 0.25) is 11.8 Å². The first kappa shape index (κ1) is 32.6. The molecule has 0 aromatic carbocycles. The van der Waals surface area contributed by atoms with Gasteiger partial charge in [-0.3, -0.25) is 19.4 Å². The van der Waals surface area contributed by atoms with Gasteiger partial charge in [-0.25, -0.2) is 0 Å². The largest absolute Gasteiger partial charge is 0.468 e. The molecule has 0 fully saturated rings. The number of nitrogens with zero attached hydrogens (tertiary/aromatic N) is 1. The highest BCUT2D eigenvalue weighted by Crippen LogP contribution is 2.11. The number of hydrogen-bond donors (Lipinski definition) is 5. The Bertz CT molecular complexity index is 611. The number of rotatable bonds is 22. The fourth-order valence-electron chi connectivity index (χ4n) is 3.73. The van der Waals surface area contributed by atoms with Gasteiger partial charge in [-0.1, -0.05) is 58.3 Å². The number of methoxy groups -OCH3 is 1.